The van der Waals surface area contributed by atoms with Gasteiger partial charge in [0, 0.05) is 38.2 Å². The molecule has 0 radical (unpaired) electrons. The SMILES string of the molecule is CCOCCCNc1nc(C)cn1-c1cnn(C(C)C)c1. The summed E-state index contributed by atoms with van der Waals surface area (Å²) in [7, 11) is 0. The first kappa shape index (κ1) is 15.6. The van der Waals surface area contributed by atoms with Crippen LogP contribution in [0.5, 0.6) is 0 Å². The number of nitrogens with zero attached hydrogens (tertiary/aromatic N) is 4. The third-order valence-electron chi connectivity index (χ3n) is 3.17. The Morgan fingerprint density at radius 3 is 2.81 bits per heavy atom. The molecule has 2 rings (SSSR count). The van der Waals surface area contributed by atoms with Crippen LogP contribution in [0.2, 0.25) is 0 Å². The van der Waals surface area contributed by atoms with E-state index in [1.807, 2.05) is 41.7 Å². The number of anilines is 1. The summed E-state index contributed by atoms with van der Waals surface area (Å²) in [6, 6.07) is 0.353. The number of rotatable bonds is 8. The van der Waals surface area contributed by atoms with Crippen molar-refractivity contribution in [3.8, 4) is 5.69 Å². The van der Waals surface area contributed by atoms with Crippen molar-refractivity contribution < 1.29 is 4.74 Å². The molecule has 0 aliphatic rings. The second-order valence-corrected chi connectivity index (χ2v) is 5.33. The molecule has 0 saturated carbocycles. The molecule has 116 valence electrons. The molecule has 21 heavy (non-hydrogen) atoms. The van der Waals surface area contributed by atoms with E-state index in [9.17, 15) is 0 Å². The van der Waals surface area contributed by atoms with Crippen LogP contribution in [0.25, 0.3) is 5.69 Å². The first-order valence-corrected chi connectivity index (χ1v) is 7.54. The molecule has 0 atom stereocenters. The van der Waals surface area contributed by atoms with Gasteiger partial charge in [0.2, 0.25) is 5.95 Å². The molecule has 2 aromatic heterocycles. The minimum Gasteiger partial charge on any atom is -0.382 e. The van der Waals surface area contributed by atoms with Crippen molar-refractivity contribution in [1.29, 1.82) is 0 Å². The molecule has 0 amide bonds. The topological polar surface area (TPSA) is 56.9 Å². The van der Waals surface area contributed by atoms with E-state index in [0.29, 0.717) is 6.04 Å². The molecular formula is C15H25N5O. The molecule has 0 spiro atoms. The summed E-state index contributed by atoms with van der Waals surface area (Å²) in [6.07, 6.45) is 6.89. The fourth-order valence-corrected chi connectivity index (χ4v) is 2.07. The predicted octanol–water partition coefficient (Wildman–Crippen LogP) is 2.80. The van der Waals surface area contributed by atoms with Crippen molar-refractivity contribution >= 4 is 5.95 Å². The first-order valence-electron chi connectivity index (χ1n) is 7.54. The molecule has 0 unspecified atom stereocenters. The molecule has 0 saturated heterocycles. The average molecular weight is 291 g/mol. The maximum absolute atomic E-state index is 5.34. The van der Waals surface area contributed by atoms with Crippen LogP contribution in [0, 0.1) is 6.92 Å². The van der Waals surface area contributed by atoms with E-state index in [1.165, 1.54) is 0 Å². The lowest BCUT2D eigenvalue weighted by atomic mass is 10.4. The van der Waals surface area contributed by atoms with Gasteiger partial charge in [0.15, 0.2) is 0 Å². The van der Waals surface area contributed by atoms with Crippen molar-refractivity contribution in [2.75, 3.05) is 25.1 Å². The van der Waals surface area contributed by atoms with E-state index in [0.717, 1.165) is 43.5 Å². The molecule has 0 aromatic carbocycles. The normalized spacial score (nSPS) is 11.3. The monoisotopic (exact) mass is 291 g/mol. The second kappa shape index (κ2) is 7.26. The number of nitrogens with one attached hydrogen (secondary N) is 1. The third-order valence-corrected chi connectivity index (χ3v) is 3.17. The summed E-state index contributed by atoms with van der Waals surface area (Å²) in [5, 5.41) is 7.75. The van der Waals surface area contributed by atoms with Crippen molar-refractivity contribution in [1.82, 2.24) is 19.3 Å². The number of imidazole rings is 1. The fourth-order valence-electron chi connectivity index (χ4n) is 2.07. The second-order valence-electron chi connectivity index (χ2n) is 5.33. The third kappa shape index (κ3) is 4.07. The highest BCUT2D eigenvalue weighted by Crippen LogP contribution is 2.17. The van der Waals surface area contributed by atoms with Gasteiger partial charge in [0.1, 0.15) is 0 Å². The lowest BCUT2D eigenvalue weighted by molar-refractivity contribution is 0.147. The quantitative estimate of drug-likeness (QED) is 0.760. The van der Waals surface area contributed by atoms with Gasteiger partial charge in [-0.25, -0.2) is 4.98 Å². The minimum atomic E-state index is 0.353. The molecule has 0 aliphatic carbocycles. The van der Waals surface area contributed by atoms with Crippen molar-refractivity contribution in [2.45, 2.75) is 40.2 Å². The number of ether oxygens (including phenoxy) is 1. The summed E-state index contributed by atoms with van der Waals surface area (Å²) in [4.78, 5) is 4.53. The van der Waals surface area contributed by atoms with Gasteiger partial charge < -0.3 is 10.1 Å². The van der Waals surface area contributed by atoms with E-state index < -0.39 is 0 Å². The predicted molar refractivity (Wildman–Crippen MR) is 84.1 cm³/mol. The first-order chi connectivity index (χ1) is 10.1. The zero-order chi connectivity index (χ0) is 15.2. The van der Waals surface area contributed by atoms with Crippen LogP contribution in [0.3, 0.4) is 0 Å². The van der Waals surface area contributed by atoms with Crippen LogP contribution in [0.1, 0.15) is 38.9 Å². The van der Waals surface area contributed by atoms with Gasteiger partial charge in [0.05, 0.1) is 17.6 Å². The molecule has 2 heterocycles. The van der Waals surface area contributed by atoms with Gasteiger partial charge in [-0.2, -0.15) is 5.10 Å². The molecule has 6 heteroatoms. The average Bonchev–Trinajstić information content (AvgIpc) is 3.05. The summed E-state index contributed by atoms with van der Waals surface area (Å²) >= 11 is 0. The maximum Gasteiger partial charge on any atom is 0.207 e. The largest absolute Gasteiger partial charge is 0.382 e. The van der Waals surface area contributed by atoms with Gasteiger partial charge in [-0.05, 0) is 34.1 Å². The van der Waals surface area contributed by atoms with Crippen LogP contribution in [-0.2, 0) is 4.74 Å². The molecule has 0 aliphatic heterocycles. The van der Waals surface area contributed by atoms with Crippen molar-refractivity contribution in [3.63, 3.8) is 0 Å². The van der Waals surface area contributed by atoms with E-state index in [4.69, 9.17) is 4.74 Å². The van der Waals surface area contributed by atoms with Gasteiger partial charge in [0.25, 0.3) is 0 Å². The highest BCUT2D eigenvalue weighted by Gasteiger charge is 2.10. The number of aromatic nitrogens is 4. The molecule has 0 bridgehead atoms. The molecule has 2 aromatic rings. The minimum absolute atomic E-state index is 0.353. The summed E-state index contributed by atoms with van der Waals surface area (Å²) < 4.78 is 9.33. The molecule has 6 nitrogen and oxygen atoms in total. The van der Waals surface area contributed by atoms with E-state index in [1.54, 1.807) is 0 Å². The van der Waals surface area contributed by atoms with Crippen LogP contribution < -0.4 is 5.32 Å². The Bertz CT molecular complexity index is 558. The van der Waals surface area contributed by atoms with Gasteiger partial charge >= 0.3 is 0 Å². The Morgan fingerprint density at radius 2 is 2.14 bits per heavy atom. The van der Waals surface area contributed by atoms with E-state index in [2.05, 4.69) is 29.2 Å². The maximum atomic E-state index is 5.34. The Kier molecular flexibility index (Phi) is 5.38. The summed E-state index contributed by atoms with van der Waals surface area (Å²) in [5.74, 6) is 0.854. The van der Waals surface area contributed by atoms with Crippen LogP contribution >= 0.6 is 0 Å². The Morgan fingerprint density at radius 1 is 1.33 bits per heavy atom. The zero-order valence-electron chi connectivity index (χ0n) is 13.3. The van der Waals surface area contributed by atoms with Crippen LogP contribution in [-0.4, -0.2) is 39.1 Å². The lowest BCUT2D eigenvalue weighted by Gasteiger charge is -2.08. The Labute approximate surface area is 126 Å². The van der Waals surface area contributed by atoms with E-state index in [-0.39, 0.29) is 0 Å². The smallest absolute Gasteiger partial charge is 0.207 e. The van der Waals surface area contributed by atoms with Gasteiger partial charge in [-0.3, -0.25) is 9.25 Å². The lowest BCUT2D eigenvalue weighted by Crippen LogP contribution is -2.09. The zero-order valence-corrected chi connectivity index (χ0v) is 13.3. The van der Waals surface area contributed by atoms with Crippen LogP contribution in [0.15, 0.2) is 18.6 Å². The standard InChI is InChI=1S/C15H25N5O/c1-5-21-8-6-7-16-15-18-13(4)10-19(15)14-9-17-20(11-14)12(2)3/h9-12H,5-8H2,1-4H3,(H,16,18). The number of hydrogen-bond donors (Lipinski definition) is 1. The summed E-state index contributed by atoms with van der Waals surface area (Å²) in [5.41, 5.74) is 2.01. The van der Waals surface area contributed by atoms with Gasteiger partial charge in [-0.1, -0.05) is 0 Å². The molecule has 0 fully saturated rings. The summed E-state index contributed by atoms with van der Waals surface area (Å²) in [6.45, 7) is 10.6. The van der Waals surface area contributed by atoms with Gasteiger partial charge in [-0.15, -0.1) is 0 Å². The molecule has 1 N–H and O–H groups in total. The Hall–Kier alpha value is -1.82. The number of aryl methyl sites for hydroxylation is 1. The fraction of sp³-hybridized carbons (Fsp3) is 0.600. The molecular weight excluding hydrogens is 266 g/mol. The van der Waals surface area contributed by atoms with E-state index >= 15 is 0 Å². The van der Waals surface area contributed by atoms with Crippen molar-refractivity contribution in [2.24, 2.45) is 0 Å². The van der Waals surface area contributed by atoms with Crippen molar-refractivity contribution in [3.05, 3.63) is 24.3 Å². The Balaban J connectivity index is 2.05. The number of hydrogen-bond acceptors (Lipinski definition) is 4. The van der Waals surface area contributed by atoms with Crippen LogP contribution in [0.4, 0.5) is 5.95 Å². The highest BCUT2D eigenvalue weighted by atomic mass is 16.5. The highest BCUT2D eigenvalue weighted by molar-refractivity contribution is 5.40.